The molecule has 1 saturated heterocycles. The van der Waals surface area contributed by atoms with Crippen LogP contribution in [0.5, 0.6) is 5.75 Å². The molecule has 1 unspecified atom stereocenters. The molecule has 1 aliphatic rings. The predicted octanol–water partition coefficient (Wildman–Crippen LogP) is 2.72. The molecule has 0 N–H and O–H groups in total. The molecule has 5 nitrogen and oxygen atoms in total. The van der Waals surface area contributed by atoms with Gasteiger partial charge in [0.2, 0.25) is 0 Å². The largest absolute Gasteiger partial charge is 0.497 e. The molecule has 0 spiro atoms. The number of carbonyl (C=O) groups excluding carboxylic acids is 1. The Bertz CT molecular complexity index is 745. The molecule has 5 heteroatoms. The minimum absolute atomic E-state index is 0.0539. The number of methoxy groups -OCH3 is 1. The molecule has 1 fully saturated rings. The summed E-state index contributed by atoms with van der Waals surface area (Å²) in [6.07, 6.45) is 0. The van der Waals surface area contributed by atoms with Crippen LogP contribution in [0.25, 0.3) is 0 Å². The van der Waals surface area contributed by atoms with Crippen LogP contribution in [0.15, 0.2) is 54.6 Å². The summed E-state index contributed by atoms with van der Waals surface area (Å²) < 4.78 is 5.17. The fourth-order valence-electron chi connectivity index (χ4n) is 3.10. The molecule has 0 bridgehead atoms. The van der Waals surface area contributed by atoms with Gasteiger partial charge in [-0.1, -0.05) is 30.3 Å². The van der Waals surface area contributed by atoms with Gasteiger partial charge in [-0.15, -0.1) is 0 Å². The van der Waals surface area contributed by atoms with Crippen LogP contribution in [0, 0.1) is 11.3 Å². The minimum atomic E-state index is -0.306. The van der Waals surface area contributed by atoms with Crippen LogP contribution >= 0.6 is 0 Å². The highest BCUT2D eigenvalue weighted by molar-refractivity contribution is 5.94. The zero-order valence-corrected chi connectivity index (χ0v) is 14.3. The van der Waals surface area contributed by atoms with Crippen molar-refractivity contribution in [3.63, 3.8) is 0 Å². The Balaban J connectivity index is 1.64. The average Bonchev–Trinajstić information content (AvgIpc) is 2.70. The molecular weight excluding hydrogens is 314 g/mol. The summed E-state index contributed by atoms with van der Waals surface area (Å²) in [6, 6.07) is 19.0. The first kappa shape index (κ1) is 17.0. The second-order valence-corrected chi connectivity index (χ2v) is 6.00. The summed E-state index contributed by atoms with van der Waals surface area (Å²) in [4.78, 5) is 16.5. The van der Waals surface area contributed by atoms with Gasteiger partial charge in [-0.25, -0.2) is 0 Å². The van der Waals surface area contributed by atoms with Gasteiger partial charge < -0.3 is 9.64 Å². The first-order valence-electron chi connectivity index (χ1n) is 8.35. The van der Waals surface area contributed by atoms with E-state index in [0.717, 1.165) is 11.3 Å². The van der Waals surface area contributed by atoms with E-state index in [1.165, 1.54) is 0 Å². The molecule has 128 valence electrons. The zero-order valence-electron chi connectivity index (χ0n) is 14.3. The Labute approximate surface area is 148 Å². The third kappa shape index (κ3) is 3.81. The standard InChI is InChI=1S/C20H21N3O2/c1-25-18-9-7-16(8-10-18)19(15-21)22-11-13-23(14-12-22)20(24)17-5-3-2-4-6-17/h2-10,19H,11-14H2,1H3. The number of hydrogen-bond donors (Lipinski definition) is 0. The van der Waals surface area contributed by atoms with Crippen molar-refractivity contribution in [1.29, 1.82) is 5.26 Å². The number of nitriles is 1. The number of ether oxygens (including phenoxy) is 1. The van der Waals surface area contributed by atoms with Gasteiger partial charge >= 0.3 is 0 Å². The fraction of sp³-hybridized carbons (Fsp3) is 0.300. The third-order valence-electron chi connectivity index (χ3n) is 4.54. The van der Waals surface area contributed by atoms with Crippen molar-refractivity contribution >= 4 is 5.91 Å². The third-order valence-corrected chi connectivity index (χ3v) is 4.54. The van der Waals surface area contributed by atoms with E-state index in [1.807, 2.05) is 59.5 Å². The smallest absolute Gasteiger partial charge is 0.253 e. The normalized spacial score (nSPS) is 16.1. The quantitative estimate of drug-likeness (QED) is 0.862. The number of rotatable bonds is 4. The molecular formula is C20H21N3O2. The zero-order chi connectivity index (χ0) is 17.6. The van der Waals surface area contributed by atoms with Crippen LogP contribution < -0.4 is 4.74 Å². The summed E-state index contributed by atoms with van der Waals surface area (Å²) in [5.41, 5.74) is 1.66. The minimum Gasteiger partial charge on any atom is -0.497 e. The highest BCUT2D eigenvalue weighted by Crippen LogP contribution is 2.24. The van der Waals surface area contributed by atoms with Crippen LogP contribution in [0.4, 0.5) is 0 Å². The summed E-state index contributed by atoms with van der Waals surface area (Å²) >= 11 is 0. The number of hydrogen-bond acceptors (Lipinski definition) is 4. The van der Waals surface area contributed by atoms with Crippen LogP contribution in [0.2, 0.25) is 0 Å². The van der Waals surface area contributed by atoms with Crippen molar-refractivity contribution in [3.05, 3.63) is 65.7 Å². The van der Waals surface area contributed by atoms with E-state index in [4.69, 9.17) is 4.74 Å². The molecule has 2 aromatic carbocycles. The van der Waals surface area contributed by atoms with Crippen molar-refractivity contribution in [3.8, 4) is 11.8 Å². The molecule has 1 heterocycles. The van der Waals surface area contributed by atoms with Gasteiger partial charge in [-0.3, -0.25) is 9.69 Å². The maximum Gasteiger partial charge on any atom is 0.253 e. The summed E-state index contributed by atoms with van der Waals surface area (Å²) in [7, 11) is 1.62. The lowest BCUT2D eigenvalue weighted by Crippen LogP contribution is -2.49. The molecule has 0 saturated carbocycles. The lowest BCUT2D eigenvalue weighted by molar-refractivity contribution is 0.0606. The molecule has 1 atom stereocenters. The number of benzene rings is 2. The van der Waals surface area contributed by atoms with Crippen LogP contribution in [0.3, 0.4) is 0 Å². The summed E-state index contributed by atoms with van der Waals surface area (Å²) in [5.74, 6) is 0.830. The molecule has 1 aliphatic heterocycles. The lowest BCUT2D eigenvalue weighted by Gasteiger charge is -2.37. The van der Waals surface area contributed by atoms with Crippen molar-refractivity contribution < 1.29 is 9.53 Å². The van der Waals surface area contributed by atoms with E-state index in [-0.39, 0.29) is 11.9 Å². The van der Waals surface area contributed by atoms with Crippen molar-refractivity contribution in [2.24, 2.45) is 0 Å². The predicted molar refractivity (Wildman–Crippen MR) is 95.3 cm³/mol. The second-order valence-electron chi connectivity index (χ2n) is 6.00. The van der Waals surface area contributed by atoms with E-state index in [9.17, 15) is 10.1 Å². The maximum absolute atomic E-state index is 12.5. The van der Waals surface area contributed by atoms with Crippen LogP contribution in [-0.4, -0.2) is 49.0 Å². The van der Waals surface area contributed by atoms with Gasteiger partial charge in [0.05, 0.1) is 13.2 Å². The van der Waals surface area contributed by atoms with Gasteiger partial charge in [0.25, 0.3) is 5.91 Å². The highest BCUT2D eigenvalue weighted by Gasteiger charge is 2.27. The first-order chi connectivity index (χ1) is 12.2. The average molecular weight is 335 g/mol. The van der Waals surface area contributed by atoms with Crippen molar-refractivity contribution in [2.45, 2.75) is 6.04 Å². The van der Waals surface area contributed by atoms with E-state index in [0.29, 0.717) is 31.7 Å². The van der Waals surface area contributed by atoms with Gasteiger partial charge in [-0.2, -0.15) is 5.26 Å². The molecule has 3 rings (SSSR count). The first-order valence-corrected chi connectivity index (χ1v) is 8.35. The van der Waals surface area contributed by atoms with E-state index in [1.54, 1.807) is 7.11 Å². The van der Waals surface area contributed by atoms with Gasteiger partial charge in [0.15, 0.2) is 0 Å². The van der Waals surface area contributed by atoms with Crippen molar-refractivity contribution in [1.82, 2.24) is 9.80 Å². The Hall–Kier alpha value is -2.84. The topological polar surface area (TPSA) is 56.6 Å². The van der Waals surface area contributed by atoms with Crippen LogP contribution in [0.1, 0.15) is 22.0 Å². The Morgan fingerprint density at radius 1 is 1.04 bits per heavy atom. The fourth-order valence-corrected chi connectivity index (χ4v) is 3.10. The Kier molecular flexibility index (Phi) is 5.32. The second kappa shape index (κ2) is 7.82. The van der Waals surface area contributed by atoms with Gasteiger partial charge in [0.1, 0.15) is 11.8 Å². The lowest BCUT2D eigenvalue weighted by atomic mass is 10.1. The highest BCUT2D eigenvalue weighted by atomic mass is 16.5. The summed E-state index contributed by atoms with van der Waals surface area (Å²) in [5, 5.41) is 9.61. The number of carbonyl (C=O) groups is 1. The maximum atomic E-state index is 12.5. The Morgan fingerprint density at radius 3 is 2.24 bits per heavy atom. The van der Waals surface area contributed by atoms with E-state index < -0.39 is 0 Å². The SMILES string of the molecule is COc1ccc(C(C#N)N2CCN(C(=O)c3ccccc3)CC2)cc1. The Morgan fingerprint density at radius 2 is 1.68 bits per heavy atom. The molecule has 0 aromatic heterocycles. The van der Waals surface area contributed by atoms with Gasteiger partial charge in [0, 0.05) is 31.7 Å². The van der Waals surface area contributed by atoms with Crippen LogP contribution in [-0.2, 0) is 0 Å². The van der Waals surface area contributed by atoms with E-state index >= 15 is 0 Å². The van der Waals surface area contributed by atoms with Crippen molar-refractivity contribution in [2.75, 3.05) is 33.3 Å². The molecule has 0 aliphatic carbocycles. The number of nitrogens with zero attached hydrogens (tertiary/aromatic N) is 3. The number of amides is 1. The monoisotopic (exact) mass is 335 g/mol. The molecule has 2 aromatic rings. The molecule has 0 radical (unpaired) electrons. The molecule has 1 amide bonds. The number of piperazine rings is 1. The molecule has 25 heavy (non-hydrogen) atoms. The van der Waals surface area contributed by atoms with E-state index in [2.05, 4.69) is 11.0 Å². The summed E-state index contributed by atoms with van der Waals surface area (Å²) in [6.45, 7) is 2.62. The van der Waals surface area contributed by atoms with Gasteiger partial charge in [-0.05, 0) is 29.8 Å².